The summed E-state index contributed by atoms with van der Waals surface area (Å²) in [5.74, 6) is -5.89. The number of hydrogen-bond acceptors (Lipinski definition) is 4. The van der Waals surface area contributed by atoms with E-state index in [1.807, 2.05) is 0 Å². The largest absolute Gasteiger partial charge is 0.426 e. The second-order valence-electron chi connectivity index (χ2n) is 3.26. The molecule has 102 valence electrons. The fraction of sp³-hybridized carbons (Fsp3) is 1.00. The van der Waals surface area contributed by atoms with E-state index in [2.05, 4.69) is 0 Å². The highest BCUT2D eigenvalue weighted by Crippen LogP contribution is 2.54. The lowest BCUT2D eigenvalue weighted by atomic mass is 10.1. The predicted molar refractivity (Wildman–Crippen MR) is 45.0 cm³/mol. The van der Waals surface area contributed by atoms with Crippen LogP contribution in [-0.2, 0) is 20.0 Å². The van der Waals surface area contributed by atoms with Crippen LogP contribution in [0.25, 0.3) is 0 Å². The van der Waals surface area contributed by atoms with Gasteiger partial charge in [0.2, 0.25) is 0 Å². The van der Waals surface area contributed by atoms with Gasteiger partial charge < -0.3 is 0 Å². The van der Waals surface area contributed by atoms with Gasteiger partial charge in [0.05, 0.1) is 0 Å². The second kappa shape index (κ2) is 3.29. The average Bonchev–Trinajstić information content (AvgIpc) is 2.12. The zero-order chi connectivity index (χ0) is 13.9. The molecule has 1 N–H and O–H groups in total. The van der Waals surface area contributed by atoms with Crippen LogP contribution in [0.3, 0.4) is 0 Å². The Morgan fingerprint density at radius 3 is 1.71 bits per heavy atom. The van der Waals surface area contributed by atoms with Crippen LogP contribution in [0.4, 0.5) is 22.0 Å². The number of sulfonamides is 2. The Morgan fingerprint density at radius 1 is 0.941 bits per heavy atom. The maximum absolute atomic E-state index is 13.6. The normalized spacial score (nSPS) is 37.5. The molecule has 1 unspecified atom stereocenters. The Kier molecular flexibility index (Phi) is 2.82. The first-order chi connectivity index (χ1) is 7.27. The van der Waals surface area contributed by atoms with Crippen molar-refractivity contribution in [3.8, 4) is 0 Å². The van der Waals surface area contributed by atoms with E-state index in [0.29, 0.717) is 6.92 Å². The van der Waals surface area contributed by atoms with E-state index < -0.39 is 42.6 Å². The summed E-state index contributed by atoms with van der Waals surface area (Å²) in [5, 5.41) is -10.6. The lowest BCUT2D eigenvalue weighted by Crippen LogP contribution is -2.72. The van der Waals surface area contributed by atoms with Crippen molar-refractivity contribution >= 4 is 20.0 Å². The van der Waals surface area contributed by atoms with Gasteiger partial charge in [0.25, 0.3) is 25.0 Å². The SMILES string of the molecule is CCC1(F)C(F)(F)C(F)(F)S(=O)(=O)NS1(=O)=O. The van der Waals surface area contributed by atoms with E-state index in [-0.39, 0.29) is 4.13 Å². The van der Waals surface area contributed by atoms with Gasteiger partial charge >= 0.3 is 11.2 Å². The number of rotatable bonds is 1. The summed E-state index contributed by atoms with van der Waals surface area (Å²) in [6, 6.07) is 0. The summed E-state index contributed by atoms with van der Waals surface area (Å²) in [6.45, 7) is 0.571. The standard InChI is InChI=1S/C5H6F5NO4S2/c1-2-3(6)4(7,8)5(9,10)17(14,15)11-16(3,12)13/h11H,2H2,1H3. The molecule has 0 saturated carbocycles. The lowest BCUT2D eigenvalue weighted by Gasteiger charge is -2.39. The van der Waals surface area contributed by atoms with Crippen molar-refractivity contribution < 1.29 is 38.8 Å². The summed E-state index contributed by atoms with van der Waals surface area (Å²) in [6.07, 6.45) is -1.54. The Labute approximate surface area is 93.1 Å². The molecule has 1 aliphatic heterocycles. The molecular formula is C5H6F5NO4S2. The average molecular weight is 303 g/mol. The van der Waals surface area contributed by atoms with Gasteiger partial charge in [0.1, 0.15) is 0 Å². The molecule has 1 rings (SSSR count). The van der Waals surface area contributed by atoms with Gasteiger partial charge in [-0.2, -0.15) is 17.6 Å². The fourth-order valence-corrected chi connectivity index (χ4v) is 4.74. The van der Waals surface area contributed by atoms with Gasteiger partial charge in [0, 0.05) is 6.42 Å². The van der Waals surface area contributed by atoms with Crippen LogP contribution in [0.5, 0.6) is 0 Å². The Morgan fingerprint density at radius 2 is 1.35 bits per heavy atom. The monoisotopic (exact) mass is 303 g/mol. The van der Waals surface area contributed by atoms with Gasteiger partial charge in [-0.1, -0.05) is 6.92 Å². The van der Waals surface area contributed by atoms with Crippen LogP contribution >= 0.6 is 0 Å². The number of halogens is 5. The summed E-state index contributed by atoms with van der Waals surface area (Å²) in [5.41, 5.74) is 0. The molecule has 1 aliphatic rings. The molecular weight excluding hydrogens is 297 g/mol. The van der Waals surface area contributed by atoms with Crippen molar-refractivity contribution in [1.82, 2.24) is 4.13 Å². The van der Waals surface area contributed by atoms with Crippen LogP contribution in [0.2, 0.25) is 0 Å². The van der Waals surface area contributed by atoms with Crippen LogP contribution < -0.4 is 4.13 Å². The van der Waals surface area contributed by atoms with E-state index >= 15 is 0 Å². The highest BCUT2D eigenvalue weighted by molar-refractivity contribution is 8.06. The molecule has 0 radical (unpaired) electrons. The maximum Gasteiger partial charge on any atom is 0.426 e. The summed E-state index contributed by atoms with van der Waals surface area (Å²) < 4.78 is 109. The zero-order valence-corrected chi connectivity index (χ0v) is 9.68. The molecule has 1 saturated heterocycles. The Hall–Kier alpha value is -0.490. The second-order valence-corrected chi connectivity index (χ2v) is 7.10. The van der Waals surface area contributed by atoms with Crippen LogP contribution in [0, 0.1) is 0 Å². The minimum Gasteiger partial charge on any atom is -0.218 e. The van der Waals surface area contributed by atoms with Gasteiger partial charge in [-0.3, -0.25) is 0 Å². The van der Waals surface area contributed by atoms with Crippen LogP contribution in [0.15, 0.2) is 0 Å². The zero-order valence-electron chi connectivity index (χ0n) is 8.05. The van der Waals surface area contributed by atoms with Crippen molar-refractivity contribution in [1.29, 1.82) is 0 Å². The summed E-state index contributed by atoms with van der Waals surface area (Å²) in [7, 11) is -12.0. The van der Waals surface area contributed by atoms with Crippen molar-refractivity contribution in [3.63, 3.8) is 0 Å². The smallest absolute Gasteiger partial charge is 0.218 e. The maximum atomic E-state index is 13.6. The molecule has 0 aromatic carbocycles. The lowest BCUT2D eigenvalue weighted by molar-refractivity contribution is -0.211. The minimum absolute atomic E-state index is 0.259. The Bertz CT molecular complexity index is 541. The first-order valence-corrected chi connectivity index (χ1v) is 6.96. The fourth-order valence-electron chi connectivity index (χ4n) is 1.23. The first-order valence-electron chi connectivity index (χ1n) is 3.99. The predicted octanol–water partition coefficient (Wildman–Crippen LogP) is 0.553. The van der Waals surface area contributed by atoms with Crippen molar-refractivity contribution in [2.45, 2.75) is 29.5 Å². The molecule has 5 nitrogen and oxygen atoms in total. The van der Waals surface area contributed by atoms with Gasteiger partial charge in [0.15, 0.2) is 0 Å². The van der Waals surface area contributed by atoms with Gasteiger partial charge in [-0.15, -0.1) is 4.13 Å². The molecule has 1 heterocycles. The number of nitrogens with one attached hydrogen (secondary N) is 1. The van der Waals surface area contributed by atoms with Crippen LogP contribution in [-0.4, -0.2) is 33.0 Å². The molecule has 0 spiro atoms. The third-order valence-electron chi connectivity index (χ3n) is 2.27. The molecule has 0 aromatic heterocycles. The summed E-state index contributed by atoms with van der Waals surface area (Å²) >= 11 is 0. The minimum atomic E-state index is -6.22. The molecule has 17 heavy (non-hydrogen) atoms. The third kappa shape index (κ3) is 1.43. The third-order valence-corrected chi connectivity index (χ3v) is 6.36. The number of hydrogen-bond donors (Lipinski definition) is 1. The highest BCUT2D eigenvalue weighted by Gasteiger charge is 2.84. The molecule has 0 amide bonds. The molecule has 12 heteroatoms. The molecule has 0 aliphatic carbocycles. The van der Waals surface area contributed by atoms with E-state index in [0.717, 1.165) is 0 Å². The highest BCUT2D eigenvalue weighted by atomic mass is 32.3. The molecule has 1 fully saturated rings. The van der Waals surface area contributed by atoms with Crippen molar-refractivity contribution in [2.24, 2.45) is 0 Å². The van der Waals surface area contributed by atoms with Crippen LogP contribution in [0.1, 0.15) is 13.3 Å². The van der Waals surface area contributed by atoms with Gasteiger partial charge in [-0.05, 0) is 0 Å². The van der Waals surface area contributed by atoms with E-state index in [9.17, 15) is 38.8 Å². The summed E-state index contributed by atoms with van der Waals surface area (Å²) in [4.78, 5) is 0. The van der Waals surface area contributed by atoms with E-state index in [1.165, 1.54) is 0 Å². The van der Waals surface area contributed by atoms with E-state index in [4.69, 9.17) is 0 Å². The van der Waals surface area contributed by atoms with Gasteiger partial charge in [-0.25, -0.2) is 21.2 Å². The topological polar surface area (TPSA) is 80.3 Å². The Balaban J connectivity index is 3.72. The first kappa shape index (κ1) is 14.6. The molecule has 0 bridgehead atoms. The molecule has 1 atom stereocenters. The number of alkyl halides is 5. The quantitative estimate of drug-likeness (QED) is 0.718. The van der Waals surface area contributed by atoms with Crippen molar-refractivity contribution in [3.05, 3.63) is 0 Å². The van der Waals surface area contributed by atoms with Crippen molar-refractivity contribution in [2.75, 3.05) is 0 Å². The van der Waals surface area contributed by atoms with E-state index in [1.54, 1.807) is 0 Å². The molecule has 0 aromatic rings.